The third kappa shape index (κ3) is 3.80. The smallest absolute Gasteiger partial charge is 0.262 e. The molecule has 2 aromatic heterocycles. The Morgan fingerprint density at radius 3 is 2.55 bits per heavy atom. The minimum absolute atomic E-state index is 0.0184. The van der Waals surface area contributed by atoms with Crippen LogP contribution in [0.3, 0.4) is 0 Å². The number of hydrogen-bond donors (Lipinski definition) is 2. The van der Waals surface area contributed by atoms with E-state index in [1.807, 2.05) is 30.3 Å². The molecule has 1 amide bonds. The molecule has 5 rings (SSSR count). The van der Waals surface area contributed by atoms with E-state index in [4.69, 9.17) is 0 Å². The second-order valence-electron chi connectivity index (χ2n) is 8.24. The van der Waals surface area contributed by atoms with Crippen LogP contribution in [0, 0.1) is 0 Å². The van der Waals surface area contributed by atoms with E-state index in [0.717, 1.165) is 0 Å². The number of carbonyl (C=O) groups excluding carboxylic acids is 1. The number of hydrogen-bond acceptors (Lipinski definition) is 5. The average Bonchev–Trinajstić information content (AvgIpc) is 3.21. The number of nitrogens with one attached hydrogen (secondary N) is 1. The number of aromatic nitrogens is 4. The van der Waals surface area contributed by atoms with Crippen LogP contribution in [0.25, 0.3) is 16.7 Å². The number of aromatic amines is 1. The van der Waals surface area contributed by atoms with Crippen LogP contribution in [-0.4, -0.2) is 60.5 Å². The molecule has 0 radical (unpaired) electrons. The maximum atomic E-state index is 15.3. The van der Waals surface area contributed by atoms with Gasteiger partial charge in [0.15, 0.2) is 5.65 Å². The van der Waals surface area contributed by atoms with Gasteiger partial charge in [-0.25, -0.2) is 14.1 Å². The van der Waals surface area contributed by atoms with Crippen molar-refractivity contribution in [3.8, 4) is 5.69 Å². The molecule has 4 aromatic rings. The van der Waals surface area contributed by atoms with Gasteiger partial charge in [0.05, 0.1) is 24.3 Å². The lowest BCUT2D eigenvalue weighted by Gasteiger charge is -2.40. The number of aliphatic hydroxyl groups is 1. The number of benzene rings is 2. The highest BCUT2D eigenvalue weighted by molar-refractivity contribution is 5.94. The predicted octanol–water partition coefficient (Wildman–Crippen LogP) is 2.27. The van der Waals surface area contributed by atoms with E-state index in [2.05, 4.69) is 15.1 Å². The molecule has 0 unspecified atom stereocenters. The molecule has 3 heterocycles. The Morgan fingerprint density at radius 2 is 1.85 bits per heavy atom. The number of halogens is 1. The van der Waals surface area contributed by atoms with Gasteiger partial charge >= 0.3 is 0 Å². The van der Waals surface area contributed by atoms with Gasteiger partial charge in [-0.05, 0) is 30.7 Å². The van der Waals surface area contributed by atoms with Crippen LogP contribution in [0.4, 0.5) is 4.39 Å². The number of fused-ring (bicyclic) bond motifs is 1. The first-order valence-electron chi connectivity index (χ1n) is 10.7. The van der Waals surface area contributed by atoms with Crippen molar-refractivity contribution in [3.05, 3.63) is 88.6 Å². The summed E-state index contributed by atoms with van der Waals surface area (Å²) in [5.41, 5.74) is -0.419. The molecule has 2 N–H and O–H groups in total. The standard InChI is InChI=1S/C24H22FN5O3/c25-19-14-29(23(32)16-7-3-1-4-8-16)12-11-24(19,33)13-18-20-21(26-15-27-22(20)31)30(28-18)17-9-5-2-6-10-17/h1-10,15,19,33H,11-14H2,(H,26,27,31)/t19-,24+/m0/s1. The highest BCUT2D eigenvalue weighted by atomic mass is 19.1. The van der Waals surface area contributed by atoms with Crippen LogP contribution in [0.2, 0.25) is 0 Å². The van der Waals surface area contributed by atoms with E-state index >= 15 is 4.39 Å². The summed E-state index contributed by atoms with van der Waals surface area (Å²) < 4.78 is 16.8. The van der Waals surface area contributed by atoms with E-state index in [-0.39, 0.29) is 42.9 Å². The number of rotatable bonds is 4. The minimum atomic E-state index is -1.77. The first-order chi connectivity index (χ1) is 16.0. The molecule has 0 spiro atoms. The molecular weight excluding hydrogens is 425 g/mol. The summed E-state index contributed by atoms with van der Waals surface area (Å²) in [6.07, 6.45) is -0.570. The van der Waals surface area contributed by atoms with Gasteiger partial charge in [0.25, 0.3) is 11.5 Å². The predicted molar refractivity (Wildman–Crippen MR) is 120 cm³/mol. The van der Waals surface area contributed by atoms with Crippen molar-refractivity contribution >= 4 is 16.9 Å². The number of para-hydroxylation sites is 1. The Balaban J connectivity index is 1.44. The summed E-state index contributed by atoms with van der Waals surface area (Å²) >= 11 is 0. The summed E-state index contributed by atoms with van der Waals surface area (Å²) in [5, 5.41) is 15.9. The maximum absolute atomic E-state index is 15.3. The molecule has 1 aliphatic heterocycles. The highest BCUT2D eigenvalue weighted by Crippen LogP contribution is 2.31. The molecule has 33 heavy (non-hydrogen) atoms. The largest absolute Gasteiger partial charge is 0.386 e. The number of piperidine rings is 1. The zero-order chi connectivity index (χ0) is 23.0. The van der Waals surface area contributed by atoms with Crippen molar-refractivity contribution in [1.82, 2.24) is 24.6 Å². The summed E-state index contributed by atoms with van der Waals surface area (Å²) in [4.78, 5) is 33.5. The summed E-state index contributed by atoms with van der Waals surface area (Å²) in [6, 6.07) is 17.8. The van der Waals surface area contributed by atoms with E-state index < -0.39 is 17.3 Å². The van der Waals surface area contributed by atoms with E-state index in [1.165, 1.54) is 15.9 Å². The monoisotopic (exact) mass is 447 g/mol. The second-order valence-corrected chi connectivity index (χ2v) is 8.24. The lowest BCUT2D eigenvalue weighted by atomic mass is 9.84. The molecular formula is C24H22FN5O3. The maximum Gasteiger partial charge on any atom is 0.262 e. The summed E-state index contributed by atoms with van der Waals surface area (Å²) in [5.74, 6) is -0.278. The fourth-order valence-electron chi connectivity index (χ4n) is 4.28. The molecule has 2 aromatic carbocycles. The van der Waals surface area contributed by atoms with Gasteiger partial charge in [0.1, 0.15) is 17.2 Å². The molecule has 9 heteroatoms. The Morgan fingerprint density at radius 1 is 1.15 bits per heavy atom. The molecule has 0 bridgehead atoms. The van der Waals surface area contributed by atoms with E-state index in [1.54, 1.807) is 30.3 Å². The Bertz CT molecular complexity index is 1360. The van der Waals surface area contributed by atoms with Gasteiger partial charge in [-0.2, -0.15) is 5.10 Å². The molecule has 2 atom stereocenters. The third-order valence-electron chi connectivity index (χ3n) is 6.10. The van der Waals surface area contributed by atoms with Crippen LogP contribution in [0.15, 0.2) is 71.8 Å². The summed E-state index contributed by atoms with van der Waals surface area (Å²) in [7, 11) is 0. The number of carbonyl (C=O) groups is 1. The van der Waals surface area contributed by atoms with Crippen LogP contribution in [0.1, 0.15) is 22.5 Å². The Hall–Kier alpha value is -3.85. The Kier molecular flexibility index (Phi) is 5.26. The number of alkyl halides is 1. The molecule has 1 fully saturated rings. The second kappa shape index (κ2) is 8.25. The molecule has 0 saturated carbocycles. The van der Waals surface area contributed by atoms with Crippen molar-refractivity contribution in [3.63, 3.8) is 0 Å². The molecule has 1 saturated heterocycles. The van der Waals surface area contributed by atoms with Crippen molar-refractivity contribution < 1.29 is 14.3 Å². The van der Waals surface area contributed by atoms with Crippen molar-refractivity contribution in [2.24, 2.45) is 0 Å². The van der Waals surface area contributed by atoms with Gasteiger partial charge in [0, 0.05) is 18.5 Å². The molecule has 8 nitrogen and oxygen atoms in total. The fourth-order valence-corrected chi connectivity index (χ4v) is 4.28. The fraction of sp³-hybridized carbons (Fsp3) is 0.250. The lowest BCUT2D eigenvalue weighted by Crippen LogP contribution is -2.56. The average molecular weight is 447 g/mol. The zero-order valence-corrected chi connectivity index (χ0v) is 17.7. The van der Waals surface area contributed by atoms with Crippen LogP contribution in [0.5, 0.6) is 0 Å². The first-order valence-corrected chi connectivity index (χ1v) is 10.7. The summed E-state index contributed by atoms with van der Waals surface area (Å²) in [6.45, 7) is -0.0489. The zero-order valence-electron chi connectivity index (χ0n) is 17.7. The number of nitrogens with zero attached hydrogens (tertiary/aromatic N) is 4. The number of amides is 1. The molecule has 1 aliphatic rings. The van der Waals surface area contributed by atoms with E-state index in [9.17, 15) is 14.7 Å². The van der Waals surface area contributed by atoms with Crippen molar-refractivity contribution in [1.29, 1.82) is 0 Å². The van der Waals surface area contributed by atoms with Gasteiger partial charge in [0.2, 0.25) is 0 Å². The Labute approximate surface area is 188 Å². The van der Waals surface area contributed by atoms with Gasteiger partial charge < -0.3 is 15.0 Å². The SMILES string of the molecule is O=C(c1ccccc1)N1CC[C@@](O)(Cc2nn(-c3ccccc3)c3nc[nH]c(=O)c23)[C@@H](F)C1. The van der Waals surface area contributed by atoms with Gasteiger partial charge in [-0.3, -0.25) is 9.59 Å². The number of likely N-dealkylation sites (tertiary alicyclic amines) is 1. The van der Waals surface area contributed by atoms with E-state index in [0.29, 0.717) is 16.9 Å². The van der Waals surface area contributed by atoms with Crippen LogP contribution in [-0.2, 0) is 6.42 Å². The van der Waals surface area contributed by atoms with Gasteiger partial charge in [-0.1, -0.05) is 36.4 Å². The van der Waals surface area contributed by atoms with Crippen molar-refractivity contribution in [2.75, 3.05) is 13.1 Å². The lowest BCUT2D eigenvalue weighted by molar-refractivity contribution is -0.0776. The quantitative estimate of drug-likeness (QED) is 0.500. The molecule has 168 valence electrons. The van der Waals surface area contributed by atoms with Crippen molar-refractivity contribution in [2.45, 2.75) is 24.6 Å². The van der Waals surface area contributed by atoms with Gasteiger partial charge in [-0.15, -0.1) is 0 Å². The van der Waals surface area contributed by atoms with Crippen LogP contribution < -0.4 is 5.56 Å². The third-order valence-corrected chi connectivity index (χ3v) is 6.10. The van der Waals surface area contributed by atoms with Crippen LogP contribution >= 0.6 is 0 Å². The highest BCUT2D eigenvalue weighted by Gasteiger charge is 2.44. The number of H-pyrrole nitrogens is 1. The normalized spacial score (nSPS) is 20.8. The first kappa shape index (κ1) is 21.0. The minimum Gasteiger partial charge on any atom is -0.386 e. The topological polar surface area (TPSA) is 104 Å². The molecule has 0 aliphatic carbocycles.